The lowest BCUT2D eigenvalue weighted by molar-refractivity contribution is -0.133. The molecule has 0 saturated carbocycles. The van der Waals surface area contributed by atoms with Crippen molar-refractivity contribution in [2.75, 3.05) is 0 Å². The summed E-state index contributed by atoms with van der Waals surface area (Å²) in [6, 6.07) is 9.52. The van der Waals surface area contributed by atoms with Crippen LogP contribution in [0.1, 0.15) is 44.6 Å². The first-order valence-electron chi connectivity index (χ1n) is 8.93. The van der Waals surface area contributed by atoms with Crippen molar-refractivity contribution in [1.29, 1.82) is 0 Å². The Bertz CT molecular complexity index is 804. The lowest BCUT2D eigenvalue weighted by atomic mass is 9.87. The molecule has 0 aliphatic rings. The third kappa shape index (κ3) is 5.84. The Labute approximate surface area is 160 Å². The molecule has 0 saturated heterocycles. The van der Waals surface area contributed by atoms with Gasteiger partial charge in [0.25, 0.3) is 11.8 Å². The predicted molar refractivity (Wildman–Crippen MR) is 103 cm³/mol. The first-order valence-corrected chi connectivity index (χ1v) is 8.93. The molecule has 1 aromatic carbocycles. The van der Waals surface area contributed by atoms with E-state index in [1.165, 1.54) is 5.56 Å². The molecule has 27 heavy (non-hydrogen) atoms. The second kappa shape index (κ2) is 8.24. The van der Waals surface area contributed by atoms with Crippen LogP contribution in [0, 0.1) is 13.8 Å². The Balaban J connectivity index is 1.83. The minimum absolute atomic E-state index is 0.0312. The quantitative estimate of drug-likeness (QED) is 0.790. The van der Waals surface area contributed by atoms with Gasteiger partial charge in [0.05, 0.1) is 5.69 Å². The molecule has 0 spiro atoms. The van der Waals surface area contributed by atoms with E-state index in [9.17, 15) is 9.59 Å². The van der Waals surface area contributed by atoms with E-state index in [-0.39, 0.29) is 17.9 Å². The van der Waals surface area contributed by atoms with E-state index in [2.05, 4.69) is 36.7 Å². The van der Waals surface area contributed by atoms with Crippen LogP contribution in [0.15, 0.2) is 30.3 Å². The highest BCUT2D eigenvalue weighted by Gasteiger charge is 2.17. The Morgan fingerprint density at radius 3 is 2.30 bits per heavy atom. The molecule has 0 radical (unpaired) electrons. The number of carbonyl (C=O) groups is 2. The van der Waals surface area contributed by atoms with Crippen LogP contribution >= 0.6 is 0 Å². The summed E-state index contributed by atoms with van der Waals surface area (Å²) < 4.78 is 7.21. The van der Waals surface area contributed by atoms with E-state index in [4.69, 9.17) is 4.74 Å². The lowest BCUT2D eigenvalue weighted by Gasteiger charge is -2.20. The maximum Gasteiger partial charge on any atom is 0.279 e. The normalized spacial score (nSPS) is 12.4. The van der Waals surface area contributed by atoms with Gasteiger partial charge in [0, 0.05) is 5.69 Å². The minimum atomic E-state index is -0.750. The molecule has 0 bridgehead atoms. The zero-order valence-electron chi connectivity index (χ0n) is 16.8. The van der Waals surface area contributed by atoms with Crippen LogP contribution in [0.25, 0.3) is 0 Å². The zero-order valence-corrected chi connectivity index (χ0v) is 16.8. The van der Waals surface area contributed by atoms with Crippen LogP contribution in [0.4, 0.5) is 0 Å². The van der Waals surface area contributed by atoms with Gasteiger partial charge in [-0.25, -0.2) is 0 Å². The molecule has 0 aliphatic heterocycles. The molecule has 7 heteroatoms. The van der Waals surface area contributed by atoms with E-state index in [0.717, 1.165) is 11.4 Å². The molecule has 0 fully saturated rings. The molecule has 7 nitrogen and oxygen atoms in total. The van der Waals surface area contributed by atoms with Crippen LogP contribution in [-0.4, -0.2) is 27.7 Å². The highest BCUT2D eigenvalue weighted by molar-refractivity contribution is 5.84. The second-order valence-corrected chi connectivity index (χ2v) is 7.66. The predicted octanol–water partition coefficient (Wildman–Crippen LogP) is 2.41. The molecule has 0 aliphatic carbocycles. The number of benzene rings is 1. The summed E-state index contributed by atoms with van der Waals surface area (Å²) in [7, 11) is 0. The van der Waals surface area contributed by atoms with Crippen molar-refractivity contribution in [3.63, 3.8) is 0 Å². The average Bonchev–Trinajstić information content (AvgIpc) is 2.89. The van der Waals surface area contributed by atoms with Crippen LogP contribution in [0.5, 0.6) is 5.75 Å². The number of amides is 2. The smallest absolute Gasteiger partial charge is 0.279 e. The van der Waals surface area contributed by atoms with Crippen LogP contribution in [0.3, 0.4) is 0 Å². The summed E-state index contributed by atoms with van der Waals surface area (Å²) in [5.41, 5.74) is 7.72. The number of hydrogen-bond donors (Lipinski definition) is 2. The summed E-state index contributed by atoms with van der Waals surface area (Å²) in [5, 5.41) is 4.21. The largest absolute Gasteiger partial charge is 0.481 e. The highest BCUT2D eigenvalue weighted by Crippen LogP contribution is 2.24. The summed E-state index contributed by atoms with van der Waals surface area (Å²) in [4.78, 5) is 24.1. The van der Waals surface area contributed by atoms with E-state index >= 15 is 0 Å². The number of aromatic nitrogens is 2. The van der Waals surface area contributed by atoms with Crippen molar-refractivity contribution in [3.8, 4) is 5.75 Å². The Morgan fingerprint density at radius 1 is 1.15 bits per heavy atom. The van der Waals surface area contributed by atoms with Crippen molar-refractivity contribution in [1.82, 2.24) is 20.6 Å². The highest BCUT2D eigenvalue weighted by atomic mass is 16.5. The summed E-state index contributed by atoms with van der Waals surface area (Å²) in [6.45, 7) is 11.8. The number of aryl methyl sites for hydroxylation is 2. The van der Waals surface area contributed by atoms with Gasteiger partial charge in [-0.2, -0.15) is 5.10 Å². The van der Waals surface area contributed by atoms with Crippen molar-refractivity contribution in [2.45, 2.75) is 59.6 Å². The van der Waals surface area contributed by atoms with E-state index in [1.807, 2.05) is 44.2 Å². The number of hydrazine groups is 1. The topological polar surface area (TPSA) is 85.2 Å². The van der Waals surface area contributed by atoms with Gasteiger partial charge in [0.2, 0.25) is 0 Å². The zero-order chi connectivity index (χ0) is 20.2. The molecular formula is C20H28N4O3. The molecule has 2 N–H and O–H groups in total. The van der Waals surface area contributed by atoms with Gasteiger partial charge in [-0.3, -0.25) is 25.1 Å². The second-order valence-electron chi connectivity index (χ2n) is 7.66. The molecule has 2 amide bonds. The summed E-state index contributed by atoms with van der Waals surface area (Å²) in [5.74, 6) is -0.201. The van der Waals surface area contributed by atoms with Crippen molar-refractivity contribution < 1.29 is 14.3 Å². The number of hydrogen-bond acceptors (Lipinski definition) is 4. The third-order valence-electron chi connectivity index (χ3n) is 4.12. The van der Waals surface area contributed by atoms with Gasteiger partial charge >= 0.3 is 0 Å². The maximum absolute atomic E-state index is 12.1. The Kier molecular flexibility index (Phi) is 6.25. The Hall–Kier alpha value is -2.83. The van der Waals surface area contributed by atoms with Crippen molar-refractivity contribution >= 4 is 11.8 Å². The van der Waals surface area contributed by atoms with Crippen LogP contribution in [-0.2, 0) is 21.5 Å². The standard InChI is InChI=1S/C20H28N4O3/c1-13-11-14(2)24(23-13)12-18(25)21-22-19(26)15(3)27-17-9-7-16(8-10-17)20(4,5)6/h7-11,15H,12H2,1-6H3,(H,21,25)(H,22,26). The van der Waals surface area contributed by atoms with Crippen LogP contribution in [0.2, 0.25) is 0 Å². The van der Waals surface area contributed by atoms with E-state index < -0.39 is 12.0 Å². The minimum Gasteiger partial charge on any atom is -0.481 e. The number of nitrogens with zero attached hydrogens (tertiary/aromatic N) is 2. The van der Waals surface area contributed by atoms with Gasteiger partial charge in [0.1, 0.15) is 12.3 Å². The maximum atomic E-state index is 12.1. The van der Waals surface area contributed by atoms with Gasteiger partial charge < -0.3 is 4.74 Å². The summed E-state index contributed by atoms with van der Waals surface area (Å²) >= 11 is 0. The fourth-order valence-corrected chi connectivity index (χ4v) is 2.53. The van der Waals surface area contributed by atoms with Crippen molar-refractivity contribution in [3.05, 3.63) is 47.3 Å². The van der Waals surface area contributed by atoms with Crippen molar-refractivity contribution in [2.24, 2.45) is 0 Å². The van der Waals surface area contributed by atoms with Gasteiger partial charge in [0.15, 0.2) is 6.10 Å². The van der Waals surface area contributed by atoms with Gasteiger partial charge in [-0.15, -0.1) is 0 Å². The monoisotopic (exact) mass is 372 g/mol. The fourth-order valence-electron chi connectivity index (χ4n) is 2.53. The Morgan fingerprint density at radius 2 is 1.78 bits per heavy atom. The number of carbonyl (C=O) groups excluding carboxylic acids is 2. The summed E-state index contributed by atoms with van der Waals surface area (Å²) in [6.07, 6.45) is -0.750. The third-order valence-corrected chi connectivity index (χ3v) is 4.12. The molecule has 1 aromatic heterocycles. The number of ether oxygens (including phenoxy) is 1. The molecule has 1 heterocycles. The fraction of sp³-hybridized carbons (Fsp3) is 0.450. The van der Waals surface area contributed by atoms with Gasteiger partial charge in [-0.1, -0.05) is 32.9 Å². The first kappa shape index (κ1) is 20.5. The molecule has 1 atom stereocenters. The molecule has 146 valence electrons. The molecule has 1 unspecified atom stereocenters. The van der Waals surface area contributed by atoms with E-state index in [1.54, 1.807) is 11.6 Å². The number of rotatable bonds is 5. The molecule has 2 rings (SSSR count). The van der Waals surface area contributed by atoms with Gasteiger partial charge in [-0.05, 0) is 49.9 Å². The first-order chi connectivity index (χ1) is 12.6. The SMILES string of the molecule is Cc1cc(C)n(CC(=O)NNC(=O)C(C)Oc2ccc(C(C)(C)C)cc2)n1. The number of nitrogens with one attached hydrogen (secondary N) is 2. The lowest BCUT2D eigenvalue weighted by Crippen LogP contribution is -2.48. The van der Waals surface area contributed by atoms with Crippen LogP contribution < -0.4 is 15.6 Å². The average molecular weight is 372 g/mol. The molecule has 2 aromatic rings. The molecular weight excluding hydrogens is 344 g/mol. The van der Waals surface area contributed by atoms with E-state index in [0.29, 0.717) is 5.75 Å².